The van der Waals surface area contributed by atoms with E-state index in [4.69, 9.17) is 0 Å². The molecular formula is C20H20N2O2. The van der Waals surface area contributed by atoms with Gasteiger partial charge in [-0.05, 0) is 30.9 Å². The van der Waals surface area contributed by atoms with Gasteiger partial charge in [0.05, 0.1) is 0 Å². The fraction of sp³-hybridized carbons (Fsp3) is 0.300. The van der Waals surface area contributed by atoms with Crippen LogP contribution >= 0.6 is 0 Å². The fourth-order valence-corrected chi connectivity index (χ4v) is 3.95. The maximum absolute atomic E-state index is 12.7. The number of H-pyrrole nitrogens is 1. The third-order valence-corrected chi connectivity index (χ3v) is 5.23. The van der Waals surface area contributed by atoms with Gasteiger partial charge in [0, 0.05) is 36.3 Å². The number of piperidine rings is 1. The van der Waals surface area contributed by atoms with Gasteiger partial charge in [-0.25, -0.2) is 0 Å². The number of benzene rings is 1. The Bertz CT molecular complexity index is 887. The highest BCUT2D eigenvalue weighted by molar-refractivity contribution is 5.92. The quantitative estimate of drug-likeness (QED) is 0.878. The van der Waals surface area contributed by atoms with Gasteiger partial charge in [0.1, 0.15) is 5.69 Å². The maximum Gasteiger partial charge on any atom is 0.270 e. The summed E-state index contributed by atoms with van der Waals surface area (Å²) in [6.45, 7) is 3.20. The van der Waals surface area contributed by atoms with Crippen molar-refractivity contribution in [3.05, 3.63) is 75.2 Å². The molecule has 2 heterocycles. The van der Waals surface area contributed by atoms with E-state index in [2.05, 4.69) is 41.4 Å². The molecule has 1 aliphatic heterocycles. The Labute approximate surface area is 140 Å². The molecule has 4 rings (SSSR count). The lowest BCUT2D eigenvalue weighted by Crippen LogP contribution is -2.44. The molecule has 0 radical (unpaired) electrons. The summed E-state index contributed by atoms with van der Waals surface area (Å²) in [4.78, 5) is 29.2. The van der Waals surface area contributed by atoms with Crippen LogP contribution in [-0.4, -0.2) is 28.9 Å². The average molecular weight is 320 g/mol. The van der Waals surface area contributed by atoms with Crippen LogP contribution in [0.4, 0.5) is 0 Å². The van der Waals surface area contributed by atoms with E-state index in [0.29, 0.717) is 24.5 Å². The summed E-state index contributed by atoms with van der Waals surface area (Å²) >= 11 is 0. The van der Waals surface area contributed by atoms with Crippen LogP contribution in [0.25, 0.3) is 6.08 Å². The summed E-state index contributed by atoms with van der Waals surface area (Å²) in [6.07, 6.45) is 6.34. The molecule has 2 aliphatic rings. The second-order valence-corrected chi connectivity index (χ2v) is 6.78. The van der Waals surface area contributed by atoms with Crippen molar-refractivity contribution in [2.45, 2.75) is 25.2 Å². The molecule has 1 aliphatic carbocycles. The molecule has 1 saturated heterocycles. The SMILES string of the molecule is Cc1cc(=O)cc(C(=O)N2CCC3(C=Cc4ccccc43)CC2)[nH]1. The minimum Gasteiger partial charge on any atom is -0.354 e. The van der Waals surface area contributed by atoms with Crippen molar-refractivity contribution in [1.29, 1.82) is 0 Å². The second kappa shape index (κ2) is 5.48. The van der Waals surface area contributed by atoms with E-state index in [1.807, 2.05) is 4.90 Å². The first-order valence-corrected chi connectivity index (χ1v) is 8.36. The molecule has 1 amide bonds. The van der Waals surface area contributed by atoms with Crippen molar-refractivity contribution < 1.29 is 4.79 Å². The number of rotatable bonds is 1. The molecule has 0 atom stereocenters. The number of aromatic nitrogens is 1. The van der Waals surface area contributed by atoms with Crippen molar-refractivity contribution in [1.82, 2.24) is 9.88 Å². The number of nitrogens with one attached hydrogen (secondary N) is 1. The number of hydrogen-bond donors (Lipinski definition) is 1. The Balaban J connectivity index is 1.54. The van der Waals surface area contributed by atoms with Crippen molar-refractivity contribution in [2.75, 3.05) is 13.1 Å². The van der Waals surface area contributed by atoms with E-state index in [9.17, 15) is 9.59 Å². The number of amides is 1. The first-order valence-electron chi connectivity index (χ1n) is 8.36. The third kappa shape index (κ3) is 2.39. The summed E-state index contributed by atoms with van der Waals surface area (Å²) in [5.41, 5.74) is 3.70. The molecule has 1 aromatic carbocycles. The Hall–Kier alpha value is -2.62. The molecule has 1 fully saturated rings. The van der Waals surface area contributed by atoms with Crippen LogP contribution in [0.3, 0.4) is 0 Å². The molecule has 4 nitrogen and oxygen atoms in total. The van der Waals surface area contributed by atoms with Crippen molar-refractivity contribution in [2.24, 2.45) is 0 Å². The summed E-state index contributed by atoms with van der Waals surface area (Å²) in [7, 11) is 0. The van der Waals surface area contributed by atoms with Gasteiger partial charge in [0.25, 0.3) is 5.91 Å². The number of carbonyl (C=O) groups excluding carboxylic acids is 1. The summed E-state index contributed by atoms with van der Waals surface area (Å²) < 4.78 is 0. The average Bonchev–Trinajstić information content (AvgIpc) is 2.93. The zero-order valence-electron chi connectivity index (χ0n) is 13.7. The normalized spacial score (nSPS) is 18.0. The van der Waals surface area contributed by atoms with Crippen molar-refractivity contribution in [3.8, 4) is 0 Å². The number of pyridine rings is 1. The number of nitrogens with zero attached hydrogens (tertiary/aromatic N) is 1. The van der Waals surface area contributed by atoms with Gasteiger partial charge in [-0.2, -0.15) is 0 Å². The first-order chi connectivity index (χ1) is 11.6. The number of fused-ring (bicyclic) bond motifs is 2. The molecule has 4 heteroatoms. The Kier molecular flexibility index (Phi) is 3.41. The highest BCUT2D eigenvalue weighted by Gasteiger charge is 2.39. The molecule has 0 unspecified atom stereocenters. The standard InChI is InChI=1S/C20H20N2O2/c1-14-12-16(23)13-18(21-14)19(24)22-10-8-20(9-11-22)7-6-15-4-2-3-5-17(15)20/h2-7,12-13H,8-11H2,1H3,(H,21,23). The van der Waals surface area contributed by atoms with E-state index >= 15 is 0 Å². The molecule has 0 saturated carbocycles. The predicted molar refractivity (Wildman–Crippen MR) is 94.1 cm³/mol. The number of hydrogen-bond acceptors (Lipinski definition) is 2. The Morgan fingerprint density at radius 2 is 1.92 bits per heavy atom. The van der Waals surface area contributed by atoms with Crippen LogP contribution in [0.15, 0.2) is 47.3 Å². The van der Waals surface area contributed by atoms with Gasteiger partial charge < -0.3 is 9.88 Å². The fourth-order valence-electron chi connectivity index (χ4n) is 3.95. The molecule has 1 aromatic heterocycles. The highest BCUT2D eigenvalue weighted by atomic mass is 16.2. The van der Waals surface area contributed by atoms with E-state index < -0.39 is 0 Å². The molecular weight excluding hydrogens is 300 g/mol. The van der Waals surface area contributed by atoms with Crippen LogP contribution < -0.4 is 5.43 Å². The molecule has 122 valence electrons. The summed E-state index contributed by atoms with van der Waals surface area (Å²) in [5.74, 6) is -0.0825. The zero-order valence-corrected chi connectivity index (χ0v) is 13.7. The lowest BCUT2D eigenvalue weighted by Gasteiger charge is -2.39. The number of likely N-dealkylation sites (tertiary alicyclic amines) is 1. The number of aromatic amines is 1. The van der Waals surface area contributed by atoms with E-state index in [1.165, 1.54) is 23.3 Å². The van der Waals surface area contributed by atoms with Gasteiger partial charge in [-0.15, -0.1) is 0 Å². The van der Waals surface area contributed by atoms with E-state index in [-0.39, 0.29) is 16.8 Å². The molecule has 24 heavy (non-hydrogen) atoms. The molecule has 0 bridgehead atoms. The topological polar surface area (TPSA) is 53.2 Å². The molecule has 1 N–H and O–H groups in total. The molecule has 1 spiro atoms. The van der Waals surface area contributed by atoms with Crippen LogP contribution in [0, 0.1) is 6.92 Å². The van der Waals surface area contributed by atoms with Gasteiger partial charge in [0.15, 0.2) is 5.43 Å². The Morgan fingerprint density at radius 1 is 1.17 bits per heavy atom. The number of carbonyl (C=O) groups is 1. The monoisotopic (exact) mass is 320 g/mol. The van der Waals surface area contributed by atoms with Gasteiger partial charge >= 0.3 is 0 Å². The van der Waals surface area contributed by atoms with Crippen LogP contribution in [0.5, 0.6) is 0 Å². The van der Waals surface area contributed by atoms with E-state index in [1.54, 1.807) is 6.92 Å². The second-order valence-electron chi connectivity index (χ2n) is 6.78. The van der Waals surface area contributed by atoms with Gasteiger partial charge in [-0.3, -0.25) is 9.59 Å². The summed E-state index contributed by atoms with van der Waals surface area (Å²) in [5, 5.41) is 0. The number of allylic oxidation sites excluding steroid dienone is 1. The maximum atomic E-state index is 12.7. The van der Waals surface area contributed by atoms with Gasteiger partial charge in [0.2, 0.25) is 0 Å². The van der Waals surface area contributed by atoms with Crippen molar-refractivity contribution >= 4 is 12.0 Å². The Morgan fingerprint density at radius 3 is 2.67 bits per heavy atom. The first kappa shape index (κ1) is 14.9. The van der Waals surface area contributed by atoms with Crippen LogP contribution in [0.1, 0.15) is 40.2 Å². The largest absolute Gasteiger partial charge is 0.354 e. The number of aryl methyl sites for hydroxylation is 1. The molecule has 2 aromatic rings. The van der Waals surface area contributed by atoms with Gasteiger partial charge in [-0.1, -0.05) is 36.4 Å². The van der Waals surface area contributed by atoms with Crippen molar-refractivity contribution in [3.63, 3.8) is 0 Å². The highest BCUT2D eigenvalue weighted by Crippen LogP contribution is 2.43. The van der Waals surface area contributed by atoms with E-state index in [0.717, 1.165) is 12.8 Å². The smallest absolute Gasteiger partial charge is 0.270 e. The lowest BCUT2D eigenvalue weighted by atomic mass is 9.74. The lowest BCUT2D eigenvalue weighted by molar-refractivity contribution is 0.0684. The zero-order chi connectivity index (χ0) is 16.7. The van der Waals surface area contributed by atoms with Crippen LogP contribution in [-0.2, 0) is 5.41 Å². The summed E-state index contributed by atoms with van der Waals surface area (Å²) in [6, 6.07) is 11.4. The minimum absolute atomic E-state index is 0.0629. The predicted octanol–water partition coefficient (Wildman–Crippen LogP) is 2.88. The third-order valence-electron chi connectivity index (χ3n) is 5.23. The minimum atomic E-state index is -0.129. The van der Waals surface area contributed by atoms with Crippen LogP contribution in [0.2, 0.25) is 0 Å².